The molecule has 2 atom stereocenters. The predicted octanol–water partition coefficient (Wildman–Crippen LogP) is 3.15. The number of carboxylic acid groups (broad SMARTS) is 1. The van der Waals surface area contributed by atoms with E-state index in [-0.39, 0.29) is 34.9 Å². The summed E-state index contributed by atoms with van der Waals surface area (Å²) in [6.45, 7) is 12.7. The molecule has 2 aliphatic heterocycles. The largest absolute Gasteiger partial charge is 0.490 e. The smallest absolute Gasteiger partial charge is 0.475 e. The lowest BCUT2D eigenvalue weighted by molar-refractivity contribution is -0.192. The highest BCUT2D eigenvalue weighted by Crippen LogP contribution is 2.32. The van der Waals surface area contributed by atoms with E-state index in [0.29, 0.717) is 25.3 Å². The molecular formula is C25H33F3N4O6S. The van der Waals surface area contributed by atoms with E-state index < -0.39 is 22.2 Å². The summed E-state index contributed by atoms with van der Waals surface area (Å²) in [6.07, 6.45) is -5.08. The SMILES string of the molecule is Cc1ccc(C)c(N2CCN(C(=O)[C@@H]3CN(S(=O)(=O)c4c(C)noc4C)C[C@H]3C)CC2)c1.O=C(O)C(F)(F)F. The van der Waals surface area contributed by atoms with Crippen molar-refractivity contribution in [2.24, 2.45) is 11.8 Å². The van der Waals surface area contributed by atoms with E-state index in [1.165, 1.54) is 21.1 Å². The molecule has 1 aromatic carbocycles. The van der Waals surface area contributed by atoms with Crippen LogP contribution in [0.2, 0.25) is 0 Å². The highest BCUT2D eigenvalue weighted by molar-refractivity contribution is 7.89. The van der Waals surface area contributed by atoms with Gasteiger partial charge in [0.25, 0.3) is 0 Å². The highest BCUT2D eigenvalue weighted by Gasteiger charge is 2.44. The van der Waals surface area contributed by atoms with Crippen LogP contribution in [0.4, 0.5) is 18.9 Å². The van der Waals surface area contributed by atoms with Gasteiger partial charge in [-0.05, 0) is 50.8 Å². The average molecular weight is 575 g/mol. The zero-order valence-corrected chi connectivity index (χ0v) is 23.3. The highest BCUT2D eigenvalue weighted by atomic mass is 32.2. The van der Waals surface area contributed by atoms with Crippen molar-refractivity contribution >= 4 is 27.6 Å². The number of halogens is 3. The number of benzene rings is 1. The van der Waals surface area contributed by atoms with Gasteiger partial charge in [0, 0.05) is 45.0 Å². The van der Waals surface area contributed by atoms with E-state index >= 15 is 0 Å². The van der Waals surface area contributed by atoms with Crippen molar-refractivity contribution in [2.75, 3.05) is 44.2 Å². The molecule has 1 aromatic heterocycles. The molecule has 2 fully saturated rings. The van der Waals surface area contributed by atoms with Crippen LogP contribution in [-0.2, 0) is 19.6 Å². The van der Waals surface area contributed by atoms with E-state index in [2.05, 4.69) is 42.1 Å². The van der Waals surface area contributed by atoms with Crippen LogP contribution in [0.25, 0.3) is 0 Å². The zero-order valence-electron chi connectivity index (χ0n) is 22.4. The molecule has 216 valence electrons. The van der Waals surface area contributed by atoms with Crippen LogP contribution in [0.1, 0.15) is 29.5 Å². The molecule has 1 amide bonds. The Kier molecular flexibility index (Phi) is 9.00. The second kappa shape index (κ2) is 11.5. The number of carbonyl (C=O) groups excluding carboxylic acids is 1. The summed E-state index contributed by atoms with van der Waals surface area (Å²) in [6, 6.07) is 6.45. The molecule has 14 heteroatoms. The summed E-state index contributed by atoms with van der Waals surface area (Å²) in [5.74, 6) is -2.80. The Bertz CT molecular complexity index is 1300. The third-order valence-corrected chi connectivity index (χ3v) is 9.08. The molecule has 0 aliphatic carbocycles. The number of aryl methyl sites for hydroxylation is 4. The molecule has 2 aromatic rings. The zero-order chi connectivity index (χ0) is 29.3. The van der Waals surface area contributed by atoms with Crippen LogP contribution < -0.4 is 4.90 Å². The van der Waals surface area contributed by atoms with Gasteiger partial charge in [-0.2, -0.15) is 17.5 Å². The quantitative estimate of drug-likeness (QED) is 0.591. The van der Waals surface area contributed by atoms with Crippen LogP contribution in [0.5, 0.6) is 0 Å². The number of carbonyl (C=O) groups is 2. The Hall–Kier alpha value is -3.13. The normalized spacial score (nSPS) is 20.5. The summed E-state index contributed by atoms with van der Waals surface area (Å²) >= 11 is 0. The van der Waals surface area contributed by atoms with Crippen molar-refractivity contribution < 1.29 is 40.8 Å². The molecule has 4 rings (SSSR count). The second-order valence-electron chi connectivity index (χ2n) is 9.96. The van der Waals surface area contributed by atoms with Crippen molar-refractivity contribution in [1.29, 1.82) is 0 Å². The standard InChI is InChI=1S/C23H32N4O4S.C2HF3O2/c1-15-6-7-16(2)21(12-15)25-8-10-26(11-9-25)23(28)20-14-27(13-17(20)3)32(29,30)22-18(4)24-31-19(22)5;3-2(4,5)1(6)7/h6-7,12,17,20H,8-11,13-14H2,1-5H3;(H,6,7)/t17-,20-;/m1./s1. The van der Waals surface area contributed by atoms with Gasteiger partial charge in [-0.25, -0.2) is 13.2 Å². The maximum absolute atomic E-state index is 13.3. The summed E-state index contributed by atoms with van der Waals surface area (Å²) < 4.78 is 64.6. The van der Waals surface area contributed by atoms with Gasteiger partial charge in [0.05, 0.1) is 5.92 Å². The van der Waals surface area contributed by atoms with Gasteiger partial charge in [-0.15, -0.1) is 0 Å². The summed E-state index contributed by atoms with van der Waals surface area (Å²) in [4.78, 5) is 26.6. The van der Waals surface area contributed by atoms with Gasteiger partial charge in [0.2, 0.25) is 15.9 Å². The number of aromatic nitrogens is 1. The molecule has 0 spiro atoms. The molecule has 3 heterocycles. The van der Waals surface area contributed by atoms with Crippen molar-refractivity contribution in [3.63, 3.8) is 0 Å². The fourth-order valence-electron chi connectivity index (χ4n) is 4.87. The molecular weight excluding hydrogens is 541 g/mol. The van der Waals surface area contributed by atoms with E-state index in [4.69, 9.17) is 14.4 Å². The number of alkyl halides is 3. The first-order chi connectivity index (χ1) is 18.0. The molecule has 2 saturated heterocycles. The van der Waals surface area contributed by atoms with Crippen LogP contribution in [-0.4, -0.2) is 85.2 Å². The fraction of sp³-hybridized carbons (Fsp3) is 0.560. The second-order valence-corrected chi connectivity index (χ2v) is 11.8. The number of aliphatic carboxylic acids is 1. The maximum atomic E-state index is 13.3. The van der Waals surface area contributed by atoms with E-state index in [1.807, 2.05) is 11.8 Å². The molecule has 1 N–H and O–H groups in total. The first kappa shape index (κ1) is 30.4. The molecule has 0 saturated carbocycles. The Balaban J connectivity index is 0.000000532. The molecule has 0 radical (unpaired) electrons. The third kappa shape index (κ3) is 6.72. The number of hydrogen-bond acceptors (Lipinski definition) is 7. The molecule has 0 bridgehead atoms. The summed E-state index contributed by atoms with van der Waals surface area (Å²) in [5, 5.41) is 10.9. The molecule has 39 heavy (non-hydrogen) atoms. The Morgan fingerprint density at radius 3 is 2.15 bits per heavy atom. The van der Waals surface area contributed by atoms with E-state index in [1.54, 1.807) is 13.8 Å². The maximum Gasteiger partial charge on any atom is 0.490 e. The lowest BCUT2D eigenvalue weighted by atomic mass is 9.96. The summed E-state index contributed by atoms with van der Waals surface area (Å²) in [7, 11) is -3.74. The Labute approximate surface area is 225 Å². The van der Waals surface area contributed by atoms with Gasteiger partial charge in [-0.1, -0.05) is 24.2 Å². The average Bonchev–Trinajstić information content (AvgIpc) is 3.42. The lowest BCUT2D eigenvalue weighted by Gasteiger charge is -2.38. The van der Waals surface area contributed by atoms with Crippen molar-refractivity contribution in [2.45, 2.75) is 45.7 Å². The third-order valence-electron chi connectivity index (χ3n) is 7.00. The van der Waals surface area contributed by atoms with E-state index in [9.17, 15) is 26.4 Å². The molecule has 2 aliphatic rings. The number of hydrogen-bond donors (Lipinski definition) is 1. The Morgan fingerprint density at radius 2 is 1.64 bits per heavy atom. The molecule has 10 nitrogen and oxygen atoms in total. The monoisotopic (exact) mass is 574 g/mol. The van der Waals surface area contributed by atoms with Crippen LogP contribution >= 0.6 is 0 Å². The minimum absolute atomic E-state index is 0.0465. The minimum Gasteiger partial charge on any atom is -0.475 e. The van der Waals surface area contributed by atoms with Gasteiger partial charge < -0.3 is 19.4 Å². The van der Waals surface area contributed by atoms with Crippen LogP contribution in [0.15, 0.2) is 27.6 Å². The predicted molar refractivity (Wildman–Crippen MR) is 136 cm³/mol. The minimum atomic E-state index is -5.08. The lowest BCUT2D eigenvalue weighted by Crippen LogP contribution is -2.51. The van der Waals surface area contributed by atoms with Crippen molar-refractivity contribution in [1.82, 2.24) is 14.4 Å². The van der Waals surface area contributed by atoms with Crippen molar-refractivity contribution in [3.05, 3.63) is 40.8 Å². The van der Waals surface area contributed by atoms with Crippen LogP contribution in [0, 0.1) is 39.5 Å². The summed E-state index contributed by atoms with van der Waals surface area (Å²) in [5.41, 5.74) is 4.04. The molecule has 0 unspecified atom stereocenters. The van der Waals surface area contributed by atoms with Gasteiger partial charge in [0.1, 0.15) is 10.6 Å². The van der Waals surface area contributed by atoms with Crippen LogP contribution in [0.3, 0.4) is 0 Å². The van der Waals surface area contributed by atoms with Gasteiger partial charge in [0.15, 0.2) is 5.76 Å². The number of nitrogens with zero attached hydrogens (tertiary/aromatic N) is 4. The fourth-order valence-corrected chi connectivity index (χ4v) is 6.73. The van der Waals surface area contributed by atoms with E-state index in [0.717, 1.165) is 13.1 Å². The number of piperazine rings is 1. The van der Waals surface area contributed by atoms with Gasteiger partial charge in [-0.3, -0.25) is 4.79 Å². The first-order valence-electron chi connectivity index (χ1n) is 12.4. The number of sulfonamides is 1. The number of rotatable bonds is 4. The van der Waals surface area contributed by atoms with Gasteiger partial charge >= 0.3 is 12.1 Å². The Morgan fingerprint density at radius 1 is 1.05 bits per heavy atom. The topological polar surface area (TPSA) is 124 Å². The van der Waals surface area contributed by atoms with Crippen molar-refractivity contribution in [3.8, 4) is 0 Å². The number of anilines is 1. The number of amides is 1. The first-order valence-corrected chi connectivity index (χ1v) is 13.8. The number of carboxylic acids is 1.